The van der Waals surface area contributed by atoms with Gasteiger partial charge in [0.15, 0.2) is 4.21 Å². The molecule has 1 N–H and O–H groups in total. The number of carbonyl (C=O) groups is 1. The number of aromatic amines is 1. The Hall–Kier alpha value is -2.69. The minimum Gasteiger partial charge on any atom is -0.496 e. The molecule has 1 saturated heterocycles. The lowest BCUT2D eigenvalue weighted by Gasteiger charge is -2.34. The zero-order chi connectivity index (χ0) is 21.5. The van der Waals surface area contributed by atoms with E-state index in [0.29, 0.717) is 28.3 Å². The average Bonchev–Trinajstić information content (AvgIpc) is 3.11. The Balaban J connectivity index is 1.54. The summed E-state index contributed by atoms with van der Waals surface area (Å²) in [5.74, 6) is 0.290. The van der Waals surface area contributed by atoms with Crippen LogP contribution in [0.4, 0.5) is 0 Å². The number of fused-ring (bicyclic) bond motifs is 1. The molecule has 1 aliphatic rings. The molecule has 1 aromatic heterocycles. The van der Waals surface area contributed by atoms with Crippen LogP contribution in [0.15, 0.2) is 45.4 Å². The second kappa shape index (κ2) is 7.86. The number of carbonyl (C=O) groups excluding carboxylic acids is 1. The van der Waals surface area contributed by atoms with Gasteiger partial charge in [0, 0.05) is 31.9 Å². The van der Waals surface area contributed by atoms with Crippen molar-refractivity contribution in [2.75, 3.05) is 33.3 Å². The SMILES string of the molecule is COc1cc2ccccc2cc1C(=O)N1CCN(S(=O)(=O)c2sc(=O)[nH]c2C)CC1. The number of rotatable bonds is 4. The molecule has 3 aromatic rings. The summed E-state index contributed by atoms with van der Waals surface area (Å²) in [4.78, 5) is 28.4. The number of benzene rings is 2. The van der Waals surface area contributed by atoms with Crippen molar-refractivity contribution in [2.24, 2.45) is 0 Å². The fourth-order valence-electron chi connectivity index (χ4n) is 3.61. The first kappa shape index (κ1) is 20.6. The lowest BCUT2D eigenvalue weighted by atomic mass is 10.0. The minimum absolute atomic E-state index is 0.0310. The molecule has 10 heteroatoms. The molecule has 0 atom stereocenters. The van der Waals surface area contributed by atoms with Gasteiger partial charge < -0.3 is 14.6 Å². The van der Waals surface area contributed by atoms with E-state index in [9.17, 15) is 18.0 Å². The van der Waals surface area contributed by atoms with E-state index in [2.05, 4.69) is 4.98 Å². The van der Waals surface area contributed by atoms with Crippen molar-refractivity contribution in [2.45, 2.75) is 11.1 Å². The Bertz CT molecular complexity index is 1270. The Morgan fingerprint density at radius 2 is 1.73 bits per heavy atom. The summed E-state index contributed by atoms with van der Waals surface area (Å²) < 4.78 is 32.5. The molecule has 2 aromatic carbocycles. The number of aromatic nitrogens is 1. The van der Waals surface area contributed by atoms with Crippen LogP contribution in [-0.2, 0) is 10.0 Å². The third-order valence-electron chi connectivity index (χ3n) is 5.18. The van der Waals surface area contributed by atoms with Crippen LogP contribution in [0.1, 0.15) is 16.1 Å². The monoisotopic (exact) mass is 447 g/mol. The van der Waals surface area contributed by atoms with Gasteiger partial charge >= 0.3 is 4.87 Å². The van der Waals surface area contributed by atoms with Crippen molar-refractivity contribution in [1.82, 2.24) is 14.2 Å². The quantitative estimate of drug-likeness (QED) is 0.660. The summed E-state index contributed by atoms with van der Waals surface area (Å²) in [6, 6.07) is 11.4. The summed E-state index contributed by atoms with van der Waals surface area (Å²) in [5, 5.41) is 1.91. The van der Waals surface area contributed by atoms with Gasteiger partial charge in [0.1, 0.15) is 5.75 Å². The molecule has 8 nitrogen and oxygen atoms in total. The number of methoxy groups -OCH3 is 1. The van der Waals surface area contributed by atoms with E-state index in [-0.39, 0.29) is 36.3 Å². The molecule has 4 rings (SSSR count). The Labute approximate surface area is 177 Å². The molecule has 158 valence electrons. The van der Waals surface area contributed by atoms with E-state index in [1.165, 1.54) is 11.4 Å². The highest BCUT2D eigenvalue weighted by atomic mass is 32.2. The van der Waals surface area contributed by atoms with Gasteiger partial charge in [0.2, 0.25) is 0 Å². The van der Waals surface area contributed by atoms with Crippen molar-refractivity contribution < 1.29 is 17.9 Å². The van der Waals surface area contributed by atoms with Crippen LogP contribution in [0.3, 0.4) is 0 Å². The lowest BCUT2D eigenvalue weighted by Crippen LogP contribution is -2.50. The zero-order valence-electron chi connectivity index (χ0n) is 16.5. The highest BCUT2D eigenvalue weighted by Gasteiger charge is 2.33. The van der Waals surface area contributed by atoms with Crippen LogP contribution < -0.4 is 9.61 Å². The van der Waals surface area contributed by atoms with E-state index in [1.807, 2.05) is 30.3 Å². The second-order valence-electron chi connectivity index (χ2n) is 7.02. The Morgan fingerprint density at radius 3 is 2.30 bits per heavy atom. The largest absolute Gasteiger partial charge is 0.496 e. The van der Waals surface area contributed by atoms with Crippen molar-refractivity contribution in [3.05, 3.63) is 57.3 Å². The van der Waals surface area contributed by atoms with E-state index >= 15 is 0 Å². The van der Waals surface area contributed by atoms with Crippen LogP contribution >= 0.6 is 11.3 Å². The maximum absolute atomic E-state index is 13.1. The van der Waals surface area contributed by atoms with Crippen LogP contribution in [0, 0.1) is 6.92 Å². The van der Waals surface area contributed by atoms with Gasteiger partial charge in [-0.25, -0.2) is 8.42 Å². The average molecular weight is 448 g/mol. The van der Waals surface area contributed by atoms with Gasteiger partial charge in [-0.2, -0.15) is 4.31 Å². The maximum atomic E-state index is 13.1. The number of sulfonamides is 1. The van der Waals surface area contributed by atoms with Gasteiger partial charge in [-0.15, -0.1) is 0 Å². The number of piperazine rings is 1. The first-order chi connectivity index (χ1) is 14.3. The van der Waals surface area contributed by atoms with Crippen LogP contribution in [0.5, 0.6) is 5.75 Å². The molecule has 0 radical (unpaired) electrons. The fraction of sp³-hybridized carbons (Fsp3) is 0.300. The molecule has 0 bridgehead atoms. The molecule has 0 unspecified atom stereocenters. The molecule has 0 spiro atoms. The number of nitrogens with zero attached hydrogens (tertiary/aromatic N) is 2. The normalized spacial score (nSPS) is 15.5. The third kappa shape index (κ3) is 3.62. The van der Waals surface area contributed by atoms with Crippen molar-refractivity contribution in [3.63, 3.8) is 0 Å². The molecule has 1 amide bonds. The van der Waals surface area contributed by atoms with E-state index in [1.54, 1.807) is 17.9 Å². The molecule has 2 heterocycles. The first-order valence-corrected chi connectivity index (χ1v) is 11.6. The second-order valence-corrected chi connectivity index (χ2v) is 10.1. The lowest BCUT2D eigenvalue weighted by molar-refractivity contribution is 0.0695. The summed E-state index contributed by atoms with van der Waals surface area (Å²) in [5.41, 5.74) is 0.789. The summed E-state index contributed by atoms with van der Waals surface area (Å²) in [6.07, 6.45) is 0. The first-order valence-electron chi connectivity index (χ1n) is 9.37. The smallest absolute Gasteiger partial charge is 0.305 e. The zero-order valence-corrected chi connectivity index (χ0v) is 18.2. The molecular weight excluding hydrogens is 426 g/mol. The van der Waals surface area contributed by atoms with Crippen molar-refractivity contribution in [3.8, 4) is 5.75 Å². The summed E-state index contributed by atoms with van der Waals surface area (Å²) in [6.45, 7) is 2.40. The number of aryl methyl sites for hydroxylation is 1. The van der Waals surface area contributed by atoms with Gasteiger partial charge in [0.25, 0.3) is 15.9 Å². The number of hydrogen-bond acceptors (Lipinski definition) is 6. The summed E-state index contributed by atoms with van der Waals surface area (Å²) >= 11 is 0.687. The number of hydrogen-bond donors (Lipinski definition) is 1. The molecule has 0 aliphatic carbocycles. The van der Waals surface area contributed by atoms with Crippen molar-refractivity contribution >= 4 is 38.0 Å². The minimum atomic E-state index is -3.77. The highest BCUT2D eigenvalue weighted by Crippen LogP contribution is 2.28. The van der Waals surface area contributed by atoms with E-state index in [0.717, 1.165) is 10.8 Å². The molecule has 0 saturated carbocycles. The molecule has 1 fully saturated rings. The van der Waals surface area contributed by atoms with Gasteiger partial charge in [-0.1, -0.05) is 35.6 Å². The van der Waals surface area contributed by atoms with Gasteiger partial charge in [-0.05, 0) is 29.8 Å². The third-order valence-corrected chi connectivity index (χ3v) is 8.66. The Kier molecular flexibility index (Phi) is 5.39. The number of amides is 1. The maximum Gasteiger partial charge on any atom is 0.305 e. The molecular formula is C20H21N3O5S2. The predicted octanol–water partition coefficient (Wildman–Crippen LogP) is 2.05. The standard InChI is InChI=1S/C20H21N3O5S2/c1-13-19(29-20(25)21-13)30(26,27)23-9-7-22(8-10-23)18(24)16-11-14-5-3-4-6-15(14)12-17(16)28-2/h3-6,11-12H,7-10H2,1-2H3,(H,21,25). The van der Waals surface area contributed by atoms with Crippen molar-refractivity contribution in [1.29, 1.82) is 0 Å². The Morgan fingerprint density at radius 1 is 1.10 bits per heavy atom. The van der Waals surface area contributed by atoms with Gasteiger partial charge in [0.05, 0.1) is 12.7 Å². The number of thiazole rings is 1. The molecule has 30 heavy (non-hydrogen) atoms. The van der Waals surface area contributed by atoms with E-state index < -0.39 is 14.9 Å². The predicted molar refractivity (Wildman–Crippen MR) is 115 cm³/mol. The topological polar surface area (TPSA) is 99.8 Å². The number of H-pyrrole nitrogens is 1. The number of nitrogens with one attached hydrogen (secondary N) is 1. The molecule has 1 aliphatic heterocycles. The van der Waals surface area contributed by atoms with E-state index in [4.69, 9.17) is 4.74 Å². The van der Waals surface area contributed by atoms with Crippen LogP contribution in [0.25, 0.3) is 10.8 Å². The fourth-order valence-corrected chi connectivity index (χ4v) is 6.47. The number of ether oxygens (including phenoxy) is 1. The van der Waals surface area contributed by atoms with Gasteiger partial charge in [-0.3, -0.25) is 9.59 Å². The van der Waals surface area contributed by atoms with Crippen LogP contribution in [0.2, 0.25) is 0 Å². The van der Waals surface area contributed by atoms with Crippen LogP contribution in [-0.4, -0.2) is 61.8 Å². The summed E-state index contributed by atoms with van der Waals surface area (Å²) in [7, 11) is -2.25. The highest BCUT2D eigenvalue weighted by molar-refractivity contribution is 7.91.